The van der Waals surface area contributed by atoms with Crippen LogP contribution < -0.4 is 15.5 Å². The molecule has 2 aromatic rings. The molecule has 3 rings (SSSR count). The number of rotatable bonds is 4. The number of anilines is 1. The van der Waals surface area contributed by atoms with Crippen molar-refractivity contribution in [2.24, 2.45) is 4.99 Å². The van der Waals surface area contributed by atoms with E-state index in [-0.39, 0.29) is 18.2 Å². The standard InChI is InChI=1S/C19H22F2N4/c1-22-19(23-12-14-11-15(20)7-8-18(14)21)24-16-9-10-25(13-16)17-5-3-2-4-6-17/h2-8,11,16H,9-10,12-13H2,1H3,(H2,22,23,24). The van der Waals surface area contributed by atoms with Crippen LogP contribution in [-0.4, -0.2) is 32.1 Å². The number of hydrogen-bond donors (Lipinski definition) is 2. The molecule has 0 radical (unpaired) electrons. The Morgan fingerprint density at radius 3 is 2.76 bits per heavy atom. The van der Waals surface area contributed by atoms with Crippen LogP contribution in [0.1, 0.15) is 12.0 Å². The number of aliphatic imine (C=N–C) groups is 1. The van der Waals surface area contributed by atoms with E-state index in [0.29, 0.717) is 5.96 Å². The predicted octanol–water partition coefficient (Wildman–Crippen LogP) is 2.91. The van der Waals surface area contributed by atoms with Crippen LogP contribution in [0.3, 0.4) is 0 Å². The van der Waals surface area contributed by atoms with Gasteiger partial charge in [0.05, 0.1) is 0 Å². The molecule has 1 aliphatic heterocycles. The average Bonchev–Trinajstić information content (AvgIpc) is 3.10. The van der Waals surface area contributed by atoms with Gasteiger partial charge in [-0.1, -0.05) is 18.2 Å². The maximum absolute atomic E-state index is 13.7. The van der Waals surface area contributed by atoms with Crippen LogP contribution in [0.4, 0.5) is 14.5 Å². The Bertz CT molecular complexity index is 733. The van der Waals surface area contributed by atoms with Gasteiger partial charge in [-0.3, -0.25) is 4.99 Å². The summed E-state index contributed by atoms with van der Waals surface area (Å²) >= 11 is 0. The number of hydrogen-bond acceptors (Lipinski definition) is 2. The lowest BCUT2D eigenvalue weighted by Crippen LogP contribution is -2.44. The highest BCUT2D eigenvalue weighted by Gasteiger charge is 2.23. The molecule has 1 heterocycles. The van der Waals surface area contributed by atoms with Crippen molar-refractivity contribution >= 4 is 11.6 Å². The Labute approximate surface area is 146 Å². The molecule has 132 valence electrons. The molecule has 2 aromatic carbocycles. The van der Waals surface area contributed by atoms with Crippen LogP contribution in [0, 0.1) is 11.6 Å². The van der Waals surface area contributed by atoms with Gasteiger partial charge in [0.1, 0.15) is 11.6 Å². The number of nitrogens with one attached hydrogen (secondary N) is 2. The molecular weight excluding hydrogens is 322 g/mol. The minimum atomic E-state index is -0.449. The molecule has 0 spiro atoms. The minimum absolute atomic E-state index is 0.179. The molecule has 0 bridgehead atoms. The quantitative estimate of drug-likeness (QED) is 0.662. The van der Waals surface area contributed by atoms with Crippen LogP contribution in [-0.2, 0) is 6.54 Å². The van der Waals surface area contributed by atoms with Gasteiger partial charge in [0, 0.05) is 44.0 Å². The smallest absolute Gasteiger partial charge is 0.191 e. The van der Waals surface area contributed by atoms with Crippen LogP contribution >= 0.6 is 0 Å². The van der Waals surface area contributed by atoms with Crippen molar-refractivity contribution < 1.29 is 8.78 Å². The highest BCUT2D eigenvalue weighted by Crippen LogP contribution is 2.19. The third kappa shape index (κ3) is 4.47. The maximum Gasteiger partial charge on any atom is 0.191 e. The van der Waals surface area contributed by atoms with Gasteiger partial charge in [-0.05, 0) is 36.8 Å². The summed E-state index contributed by atoms with van der Waals surface area (Å²) in [5.74, 6) is -0.292. The molecule has 1 atom stereocenters. The van der Waals surface area contributed by atoms with Gasteiger partial charge in [0.15, 0.2) is 5.96 Å². The van der Waals surface area contributed by atoms with Gasteiger partial charge in [0.25, 0.3) is 0 Å². The van der Waals surface area contributed by atoms with Gasteiger partial charge >= 0.3 is 0 Å². The largest absolute Gasteiger partial charge is 0.369 e. The fourth-order valence-electron chi connectivity index (χ4n) is 3.00. The van der Waals surface area contributed by atoms with Crippen LogP contribution in [0.25, 0.3) is 0 Å². The predicted molar refractivity (Wildman–Crippen MR) is 96.8 cm³/mol. The summed E-state index contributed by atoms with van der Waals surface area (Å²) in [7, 11) is 1.67. The molecule has 0 amide bonds. The molecule has 25 heavy (non-hydrogen) atoms. The van der Waals surface area contributed by atoms with E-state index in [4.69, 9.17) is 0 Å². The van der Waals surface area contributed by atoms with Gasteiger partial charge in [-0.25, -0.2) is 8.78 Å². The maximum atomic E-state index is 13.7. The SMILES string of the molecule is CN=C(NCc1cc(F)ccc1F)NC1CCN(c2ccccc2)C1. The topological polar surface area (TPSA) is 39.7 Å². The first kappa shape index (κ1) is 17.2. The first-order valence-electron chi connectivity index (χ1n) is 8.37. The third-order valence-corrected chi connectivity index (χ3v) is 4.33. The van der Waals surface area contributed by atoms with Crippen LogP contribution in [0.2, 0.25) is 0 Å². The van der Waals surface area contributed by atoms with E-state index < -0.39 is 11.6 Å². The van der Waals surface area contributed by atoms with Crippen molar-refractivity contribution in [2.75, 3.05) is 25.0 Å². The van der Waals surface area contributed by atoms with Gasteiger partial charge in [-0.15, -0.1) is 0 Å². The molecule has 0 aromatic heterocycles. The molecule has 0 aliphatic carbocycles. The van der Waals surface area contributed by atoms with E-state index in [1.165, 1.54) is 11.8 Å². The lowest BCUT2D eigenvalue weighted by atomic mass is 10.2. The second kappa shape index (κ2) is 7.96. The van der Waals surface area contributed by atoms with E-state index in [1.54, 1.807) is 7.05 Å². The molecule has 1 unspecified atom stereocenters. The van der Waals surface area contributed by atoms with Gasteiger partial charge in [0.2, 0.25) is 0 Å². The Morgan fingerprint density at radius 1 is 1.20 bits per heavy atom. The fraction of sp³-hybridized carbons (Fsp3) is 0.316. The second-order valence-corrected chi connectivity index (χ2v) is 6.07. The first-order chi connectivity index (χ1) is 12.2. The van der Waals surface area contributed by atoms with E-state index in [9.17, 15) is 8.78 Å². The van der Waals surface area contributed by atoms with Crippen molar-refractivity contribution in [3.05, 3.63) is 65.7 Å². The number of halogens is 2. The Balaban J connectivity index is 1.54. The van der Waals surface area contributed by atoms with E-state index in [2.05, 4.69) is 32.7 Å². The number of para-hydroxylation sites is 1. The van der Waals surface area contributed by atoms with E-state index in [1.807, 2.05) is 18.2 Å². The number of benzene rings is 2. The van der Waals surface area contributed by atoms with Crippen molar-refractivity contribution in [3.63, 3.8) is 0 Å². The summed E-state index contributed by atoms with van der Waals surface area (Å²) < 4.78 is 26.9. The van der Waals surface area contributed by atoms with E-state index >= 15 is 0 Å². The number of nitrogens with zero attached hydrogens (tertiary/aromatic N) is 2. The Hall–Kier alpha value is -2.63. The van der Waals surface area contributed by atoms with Crippen LogP contribution in [0.5, 0.6) is 0 Å². The van der Waals surface area contributed by atoms with Gasteiger partial charge in [-0.2, -0.15) is 0 Å². The van der Waals surface area contributed by atoms with Crippen LogP contribution in [0.15, 0.2) is 53.5 Å². The zero-order valence-corrected chi connectivity index (χ0v) is 14.2. The van der Waals surface area contributed by atoms with Crippen molar-refractivity contribution in [1.29, 1.82) is 0 Å². The molecule has 0 saturated carbocycles. The van der Waals surface area contributed by atoms with Crippen molar-refractivity contribution in [1.82, 2.24) is 10.6 Å². The second-order valence-electron chi connectivity index (χ2n) is 6.07. The Morgan fingerprint density at radius 2 is 2.00 bits per heavy atom. The average molecular weight is 344 g/mol. The highest BCUT2D eigenvalue weighted by atomic mass is 19.1. The van der Waals surface area contributed by atoms with Crippen molar-refractivity contribution in [3.8, 4) is 0 Å². The van der Waals surface area contributed by atoms with Gasteiger partial charge < -0.3 is 15.5 Å². The summed E-state index contributed by atoms with van der Waals surface area (Å²) in [4.78, 5) is 6.49. The molecule has 4 nitrogen and oxygen atoms in total. The lowest BCUT2D eigenvalue weighted by molar-refractivity contribution is 0.579. The molecule has 1 saturated heterocycles. The zero-order chi connectivity index (χ0) is 17.6. The Kier molecular flexibility index (Phi) is 5.48. The zero-order valence-electron chi connectivity index (χ0n) is 14.2. The fourth-order valence-corrected chi connectivity index (χ4v) is 3.00. The normalized spacial score (nSPS) is 17.6. The highest BCUT2D eigenvalue weighted by molar-refractivity contribution is 5.80. The monoisotopic (exact) mass is 344 g/mol. The molecule has 1 aliphatic rings. The number of guanidine groups is 1. The third-order valence-electron chi connectivity index (χ3n) is 4.33. The van der Waals surface area contributed by atoms with E-state index in [0.717, 1.165) is 31.6 Å². The molecular formula is C19H22F2N4. The summed E-state index contributed by atoms with van der Waals surface area (Å²) in [5.41, 5.74) is 1.48. The minimum Gasteiger partial charge on any atom is -0.369 e. The lowest BCUT2D eigenvalue weighted by Gasteiger charge is -2.20. The summed E-state index contributed by atoms with van der Waals surface area (Å²) in [6.45, 7) is 2.02. The summed E-state index contributed by atoms with van der Waals surface area (Å²) in [5, 5.41) is 6.40. The molecule has 2 N–H and O–H groups in total. The van der Waals surface area contributed by atoms with Crippen molar-refractivity contribution in [2.45, 2.75) is 19.0 Å². The summed E-state index contributed by atoms with van der Waals surface area (Å²) in [6, 6.07) is 14.0. The molecule has 1 fully saturated rings. The summed E-state index contributed by atoms with van der Waals surface area (Å²) in [6.07, 6.45) is 0.990. The first-order valence-corrected chi connectivity index (χ1v) is 8.37. The molecule has 6 heteroatoms.